The van der Waals surface area contributed by atoms with Crippen molar-refractivity contribution in [2.24, 2.45) is 5.73 Å². The van der Waals surface area contributed by atoms with Crippen LogP contribution in [0, 0.1) is 5.82 Å². The third-order valence-corrected chi connectivity index (χ3v) is 4.50. The average molecular weight is 342 g/mol. The molecule has 0 fully saturated rings. The van der Waals surface area contributed by atoms with Crippen molar-refractivity contribution >= 4 is 27.7 Å². The van der Waals surface area contributed by atoms with Gasteiger partial charge >= 0.3 is 0 Å². The molecule has 5 heteroatoms. The van der Waals surface area contributed by atoms with Gasteiger partial charge in [0.1, 0.15) is 5.75 Å². The fourth-order valence-electron chi connectivity index (χ4n) is 1.60. The summed E-state index contributed by atoms with van der Waals surface area (Å²) in [6.45, 7) is 0.307. The van der Waals surface area contributed by atoms with Crippen molar-refractivity contribution in [1.82, 2.24) is 0 Å². The van der Waals surface area contributed by atoms with Crippen molar-refractivity contribution in [1.29, 1.82) is 0 Å². The van der Waals surface area contributed by atoms with Gasteiger partial charge in [-0.2, -0.15) is 0 Å². The third kappa shape index (κ3) is 3.29. The molecular weight excluding hydrogens is 329 g/mol. The maximum Gasteiger partial charge on any atom is 0.151 e. The van der Waals surface area contributed by atoms with Crippen molar-refractivity contribution in [2.75, 3.05) is 7.11 Å². The lowest BCUT2D eigenvalue weighted by atomic mass is 10.2. The second-order valence-electron chi connectivity index (χ2n) is 3.84. The summed E-state index contributed by atoms with van der Waals surface area (Å²) in [5.41, 5.74) is 6.30. The monoisotopic (exact) mass is 341 g/mol. The van der Waals surface area contributed by atoms with Crippen LogP contribution >= 0.6 is 27.7 Å². The number of methoxy groups -OCH3 is 1. The molecule has 0 saturated heterocycles. The lowest BCUT2D eigenvalue weighted by Crippen LogP contribution is -1.99. The summed E-state index contributed by atoms with van der Waals surface area (Å²) in [6, 6.07) is 11.1. The van der Waals surface area contributed by atoms with E-state index in [-0.39, 0.29) is 5.82 Å². The quantitative estimate of drug-likeness (QED) is 0.904. The van der Waals surface area contributed by atoms with Gasteiger partial charge in [0.15, 0.2) is 5.82 Å². The lowest BCUT2D eigenvalue weighted by molar-refractivity contribution is 0.413. The van der Waals surface area contributed by atoms with Gasteiger partial charge in [0, 0.05) is 16.3 Å². The molecule has 19 heavy (non-hydrogen) atoms. The molecule has 0 aliphatic heterocycles. The van der Waals surface area contributed by atoms with Crippen molar-refractivity contribution in [2.45, 2.75) is 16.3 Å². The van der Waals surface area contributed by atoms with E-state index in [2.05, 4.69) is 15.9 Å². The smallest absolute Gasteiger partial charge is 0.151 e. The Balaban J connectivity index is 2.30. The number of nitrogens with two attached hydrogens (primary N) is 1. The van der Waals surface area contributed by atoms with E-state index in [0.717, 1.165) is 16.2 Å². The molecule has 0 saturated carbocycles. The Morgan fingerprint density at radius 2 is 2.11 bits per heavy atom. The third-order valence-electron chi connectivity index (χ3n) is 2.62. The molecule has 100 valence electrons. The Morgan fingerprint density at radius 1 is 1.32 bits per heavy atom. The molecule has 0 aliphatic carbocycles. The Bertz CT molecular complexity index is 592. The van der Waals surface area contributed by atoms with Crippen LogP contribution in [0.25, 0.3) is 0 Å². The zero-order chi connectivity index (χ0) is 13.8. The Morgan fingerprint density at radius 3 is 2.79 bits per heavy atom. The molecule has 0 aromatic heterocycles. The van der Waals surface area contributed by atoms with Gasteiger partial charge in [-0.15, -0.1) is 0 Å². The van der Waals surface area contributed by atoms with Crippen LogP contribution in [0.2, 0.25) is 0 Å². The minimum atomic E-state index is -0.282. The molecule has 0 bridgehead atoms. The Labute approximate surface area is 124 Å². The largest absolute Gasteiger partial charge is 0.497 e. The fraction of sp³-hybridized carbons (Fsp3) is 0.143. The highest BCUT2D eigenvalue weighted by Crippen LogP contribution is 2.35. The molecule has 2 rings (SSSR count). The maximum absolute atomic E-state index is 14.2. The summed E-state index contributed by atoms with van der Waals surface area (Å²) in [5, 5.41) is 0. The molecule has 2 N–H and O–H groups in total. The highest BCUT2D eigenvalue weighted by Gasteiger charge is 2.11. The van der Waals surface area contributed by atoms with Crippen molar-refractivity contribution in [3.63, 3.8) is 0 Å². The van der Waals surface area contributed by atoms with Gasteiger partial charge in [0.2, 0.25) is 0 Å². The van der Waals surface area contributed by atoms with Crippen LogP contribution in [-0.4, -0.2) is 7.11 Å². The standard InChI is InChI=1S/C14H13BrFNOS/c1-18-10-3-2-4-11(7-10)19-12-6-5-9(8-17)13(15)14(12)16/h2-7H,8,17H2,1H3. The summed E-state index contributed by atoms with van der Waals surface area (Å²) in [5.74, 6) is 0.471. The summed E-state index contributed by atoms with van der Waals surface area (Å²) < 4.78 is 19.7. The second-order valence-corrected chi connectivity index (χ2v) is 5.74. The van der Waals surface area contributed by atoms with Gasteiger partial charge in [0.05, 0.1) is 11.6 Å². The Kier molecular flexibility index (Phi) is 4.85. The van der Waals surface area contributed by atoms with Crippen LogP contribution in [0.15, 0.2) is 50.7 Å². The number of hydrogen-bond acceptors (Lipinski definition) is 3. The lowest BCUT2D eigenvalue weighted by Gasteiger charge is -2.09. The number of benzene rings is 2. The van der Waals surface area contributed by atoms with E-state index in [4.69, 9.17) is 10.5 Å². The summed E-state index contributed by atoms with van der Waals surface area (Å²) >= 11 is 4.59. The van der Waals surface area contributed by atoms with Crippen LogP contribution in [0.1, 0.15) is 5.56 Å². The molecule has 0 heterocycles. The highest BCUT2D eigenvalue weighted by atomic mass is 79.9. The molecule has 0 atom stereocenters. The first-order valence-electron chi connectivity index (χ1n) is 5.64. The van der Waals surface area contributed by atoms with Crippen LogP contribution in [-0.2, 0) is 6.54 Å². The Hall–Kier alpha value is -1.04. The SMILES string of the molecule is COc1cccc(Sc2ccc(CN)c(Br)c2F)c1. The molecule has 0 spiro atoms. The van der Waals surface area contributed by atoms with Gasteiger partial charge in [-0.1, -0.05) is 23.9 Å². The fourth-order valence-corrected chi connectivity index (χ4v) is 3.14. The predicted octanol–water partition coefficient (Wildman–Crippen LogP) is 4.21. The van der Waals surface area contributed by atoms with E-state index < -0.39 is 0 Å². The first-order valence-corrected chi connectivity index (χ1v) is 7.25. The molecule has 0 aliphatic rings. The normalized spacial score (nSPS) is 10.5. The number of rotatable bonds is 4. The van der Waals surface area contributed by atoms with Crippen molar-refractivity contribution in [3.8, 4) is 5.75 Å². The van der Waals surface area contributed by atoms with Crippen LogP contribution < -0.4 is 10.5 Å². The first-order chi connectivity index (χ1) is 9.15. The van der Waals surface area contributed by atoms with E-state index in [1.165, 1.54) is 11.8 Å². The predicted molar refractivity (Wildman–Crippen MR) is 79.1 cm³/mol. The molecular formula is C14H13BrFNOS. The average Bonchev–Trinajstić information content (AvgIpc) is 2.44. The van der Waals surface area contributed by atoms with Crippen molar-refractivity contribution < 1.29 is 9.13 Å². The summed E-state index contributed by atoms with van der Waals surface area (Å²) in [6.07, 6.45) is 0. The van der Waals surface area contributed by atoms with E-state index in [0.29, 0.717) is 15.9 Å². The number of hydrogen-bond donors (Lipinski definition) is 1. The van der Waals surface area contributed by atoms with Crippen LogP contribution in [0.3, 0.4) is 0 Å². The maximum atomic E-state index is 14.2. The molecule has 2 nitrogen and oxygen atoms in total. The first kappa shape index (κ1) is 14.4. The van der Waals surface area contributed by atoms with Crippen molar-refractivity contribution in [3.05, 3.63) is 52.3 Å². The number of ether oxygens (including phenoxy) is 1. The van der Waals surface area contributed by atoms with E-state index in [1.807, 2.05) is 30.3 Å². The minimum absolute atomic E-state index is 0.282. The molecule has 0 amide bonds. The molecule has 0 radical (unpaired) electrons. The minimum Gasteiger partial charge on any atom is -0.497 e. The van der Waals surface area contributed by atoms with Gasteiger partial charge in [-0.25, -0.2) is 4.39 Å². The zero-order valence-corrected chi connectivity index (χ0v) is 12.7. The van der Waals surface area contributed by atoms with Crippen LogP contribution in [0.4, 0.5) is 4.39 Å². The van der Waals surface area contributed by atoms with E-state index in [1.54, 1.807) is 13.2 Å². The van der Waals surface area contributed by atoms with Gasteiger partial charge in [0.25, 0.3) is 0 Å². The molecule has 2 aromatic rings. The summed E-state index contributed by atoms with van der Waals surface area (Å²) in [7, 11) is 1.61. The van der Waals surface area contributed by atoms with Gasteiger partial charge in [-0.3, -0.25) is 0 Å². The zero-order valence-electron chi connectivity index (χ0n) is 10.3. The van der Waals surface area contributed by atoms with E-state index >= 15 is 0 Å². The highest BCUT2D eigenvalue weighted by molar-refractivity contribution is 9.10. The van der Waals surface area contributed by atoms with Gasteiger partial charge < -0.3 is 10.5 Å². The number of halogens is 2. The van der Waals surface area contributed by atoms with Gasteiger partial charge in [-0.05, 0) is 45.8 Å². The second kappa shape index (κ2) is 6.41. The van der Waals surface area contributed by atoms with E-state index in [9.17, 15) is 4.39 Å². The summed E-state index contributed by atoms with van der Waals surface area (Å²) in [4.78, 5) is 1.47. The molecule has 0 unspecified atom stereocenters. The topological polar surface area (TPSA) is 35.2 Å². The van der Waals surface area contributed by atoms with Crippen LogP contribution in [0.5, 0.6) is 5.75 Å². The molecule has 2 aromatic carbocycles.